The highest BCUT2D eigenvalue weighted by molar-refractivity contribution is 5.17. The van der Waals surface area contributed by atoms with Crippen molar-refractivity contribution in [2.75, 3.05) is 26.8 Å². The Kier molecular flexibility index (Phi) is 5.61. The Balaban J connectivity index is 1.83. The molecule has 0 bridgehead atoms. The number of ether oxygens (including phenoxy) is 2. The number of pyridine rings is 1. The monoisotopic (exact) mass is 264 g/mol. The molecule has 0 saturated carbocycles. The number of nitrogens with zero attached hydrogens (tertiary/aromatic N) is 2. The molecule has 0 N–H and O–H groups in total. The van der Waals surface area contributed by atoms with E-state index in [1.165, 1.54) is 18.4 Å². The second-order valence-electron chi connectivity index (χ2n) is 5.08. The Hall–Kier alpha value is -1.13. The first-order chi connectivity index (χ1) is 9.31. The van der Waals surface area contributed by atoms with E-state index in [0.717, 1.165) is 32.7 Å². The van der Waals surface area contributed by atoms with Crippen molar-refractivity contribution in [1.29, 1.82) is 0 Å². The number of likely N-dealkylation sites (tertiary alicyclic amines) is 1. The van der Waals surface area contributed by atoms with Crippen LogP contribution in [0.4, 0.5) is 0 Å². The van der Waals surface area contributed by atoms with Crippen LogP contribution in [0.5, 0.6) is 5.88 Å². The van der Waals surface area contributed by atoms with Crippen LogP contribution in [0.3, 0.4) is 0 Å². The van der Waals surface area contributed by atoms with Crippen LogP contribution in [0.1, 0.15) is 31.7 Å². The van der Waals surface area contributed by atoms with Crippen LogP contribution >= 0.6 is 0 Å². The van der Waals surface area contributed by atoms with E-state index >= 15 is 0 Å². The first-order valence-corrected chi connectivity index (χ1v) is 7.14. The maximum Gasteiger partial charge on any atom is 0.212 e. The second-order valence-corrected chi connectivity index (χ2v) is 5.08. The SMILES string of the molecule is CCCO[C@@H]1CCCN(Cc2ccc(OC)nc2)C1. The lowest BCUT2D eigenvalue weighted by molar-refractivity contribution is -0.00225. The average molecular weight is 264 g/mol. The molecule has 4 nitrogen and oxygen atoms in total. The van der Waals surface area contributed by atoms with Gasteiger partial charge in [-0.2, -0.15) is 0 Å². The van der Waals surface area contributed by atoms with Crippen molar-refractivity contribution in [2.24, 2.45) is 0 Å². The van der Waals surface area contributed by atoms with E-state index in [-0.39, 0.29) is 0 Å². The standard InChI is InChI=1S/C15H24N2O2/c1-3-9-19-14-5-4-8-17(12-14)11-13-6-7-15(18-2)16-10-13/h6-7,10,14H,3-5,8-9,11-12H2,1-2H3/t14-/m1/s1. The van der Waals surface area contributed by atoms with Crippen molar-refractivity contribution in [3.05, 3.63) is 23.9 Å². The third-order valence-corrected chi connectivity index (χ3v) is 3.43. The van der Waals surface area contributed by atoms with E-state index in [4.69, 9.17) is 9.47 Å². The van der Waals surface area contributed by atoms with Gasteiger partial charge in [-0.25, -0.2) is 4.98 Å². The van der Waals surface area contributed by atoms with Gasteiger partial charge in [-0.15, -0.1) is 0 Å². The van der Waals surface area contributed by atoms with Crippen LogP contribution in [0, 0.1) is 0 Å². The molecule has 106 valence electrons. The van der Waals surface area contributed by atoms with E-state index < -0.39 is 0 Å². The molecule has 1 fully saturated rings. The van der Waals surface area contributed by atoms with E-state index in [2.05, 4.69) is 22.9 Å². The summed E-state index contributed by atoms with van der Waals surface area (Å²) in [4.78, 5) is 6.70. The van der Waals surface area contributed by atoms with Gasteiger partial charge < -0.3 is 9.47 Å². The molecule has 4 heteroatoms. The summed E-state index contributed by atoms with van der Waals surface area (Å²) < 4.78 is 10.9. The summed E-state index contributed by atoms with van der Waals surface area (Å²) in [6.07, 6.45) is 5.81. The summed E-state index contributed by atoms with van der Waals surface area (Å²) in [7, 11) is 1.64. The summed E-state index contributed by atoms with van der Waals surface area (Å²) >= 11 is 0. The van der Waals surface area contributed by atoms with Crippen molar-refractivity contribution in [2.45, 2.75) is 38.8 Å². The Labute approximate surface area is 115 Å². The lowest BCUT2D eigenvalue weighted by Crippen LogP contribution is -2.39. The van der Waals surface area contributed by atoms with Crippen LogP contribution in [-0.4, -0.2) is 42.8 Å². The summed E-state index contributed by atoms with van der Waals surface area (Å²) in [5.41, 5.74) is 1.23. The summed E-state index contributed by atoms with van der Waals surface area (Å²) in [5.74, 6) is 0.673. The molecule has 0 amide bonds. The topological polar surface area (TPSA) is 34.6 Å². The molecule has 0 unspecified atom stereocenters. The molecular weight excluding hydrogens is 240 g/mol. The van der Waals surface area contributed by atoms with E-state index in [0.29, 0.717) is 12.0 Å². The lowest BCUT2D eigenvalue weighted by atomic mass is 10.1. The fraction of sp³-hybridized carbons (Fsp3) is 0.667. The molecule has 1 aromatic rings. The first-order valence-electron chi connectivity index (χ1n) is 7.14. The maximum absolute atomic E-state index is 5.86. The molecule has 0 aliphatic carbocycles. The normalized spacial score (nSPS) is 20.4. The zero-order valence-corrected chi connectivity index (χ0v) is 12.0. The first kappa shape index (κ1) is 14.3. The van der Waals surface area contributed by atoms with Gasteiger partial charge in [0, 0.05) is 32.0 Å². The minimum Gasteiger partial charge on any atom is -0.481 e. The van der Waals surface area contributed by atoms with Gasteiger partial charge in [0.25, 0.3) is 0 Å². The van der Waals surface area contributed by atoms with Crippen LogP contribution in [0.2, 0.25) is 0 Å². The van der Waals surface area contributed by atoms with Gasteiger partial charge in [-0.3, -0.25) is 4.90 Å². The number of rotatable bonds is 6. The highest BCUT2D eigenvalue weighted by Crippen LogP contribution is 2.16. The van der Waals surface area contributed by atoms with Gasteiger partial charge >= 0.3 is 0 Å². The van der Waals surface area contributed by atoms with Crippen molar-refractivity contribution in [3.63, 3.8) is 0 Å². The highest BCUT2D eigenvalue weighted by atomic mass is 16.5. The molecule has 1 atom stereocenters. The predicted octanol–water partition coefficient (Wildman–Crippen LogP) is 2.48. The fourth-order valence-electron chi connectivity index (χ4n) is 2.46. The summed E-state index contributed by atoms with van der Waals surface area (Å²) in [6.45, 7) is 6.17. The van der Waals surface area contributed by atoms with Gasteiger partial charge in [0.05, 0.1) is 13.2 Å². The smallest absolute Gasteiger partial charge is 0.212 e. The molecular formula is C15H24N2O2. The van der Waals surface area contributed by atoms with Crippen LogP contribution < -0.4 is 4.74 Å². The zero-order valence-electron chi connectivity index (χ0n) is 12.0. The molecule has 1 aliphatic rings. The minimum atomic E-state index is 0.403. The van der Waals surface area contributed by atoms with Crippen LogP contribution in [-0.2, 0) is 11.3 Å². The molecule has 0 radical (unpaired) electrons. The predicted molar refractivity (Wildman–Crippen MR) is 75.3 cm³/mol. The molecule has 1 aliphatic heterocycles. The van der Waals surface area contributed by atoms with E-state index in [9.17, 15) is 0 Å². The van der Waals surface area contributed by atoms with Gasteiger partial charge in [0.1, 0.15) is 0 Å². The molecule has 0 aromatic carbocycles. The quantitative estimate of drug-likeness (QED) is 0.790. The van der Waals surface area contributed by atoms with E-state index in [1.54, 1.807) is 7.11 Å². The molecule has 2 rings (SSSR count). The third-order valence-electron chi connectivity index (χ3n) is 3.43. The Morgan fingerprint density at radius 1 is 1.42 bits per heavy atom. The number of hydrogen-bond acceptors (Lipinski definition) is 4. The zero-order chi connectivity index (χ0) is 13.5. The van der Waals surface area contributed by atoms with Crippen LogP contribution in [0.15, 0.2) is 18.3 Å². The van der Waals surface area contributed by atoms with Crippen LogP contribution in [0.25, 0.3) is 0 Å². The van der Waals surface area contributed by atoms with Gasteiger partial charge in [0.2, 0.25) is 5.88 Å². The molecule has 2 heterocycles. The van der Waals surface area contributed by atoms with Crippen molar-refractivity contribution >= 4 is 0 Å². The van der Waals surface area contributed by atoms with Gasteiger partial charge in [0.15, 0.2) is 0 Å². The molecule has 1 aromatic heterocycles. The lowest BCUT2D eigenvalue weighted by Gasteiger charge is -2.32. The number of methoxy groups -OCH3 is 1. The summed E-state index contributed by atoms with van der Waals surface area (Å²) in [6, 6.07) is 4.01. The number of piperidine rings is 1. The van der Waals surface area contributed by atoms with Gasteiger partial charge in [-0.1, -0.05) is 13.0 Å². The molecule has 19 heavy (non-hydrogen) atoms. The largest absolute Gasteiger partial charge is 0.481 e. The minimum absolute atomic E-state index is 0.403. The maximum atomic E-state index is 5.86. The highest BCUT2D eigenvalue weighted by Gasteiger charge is 2.20. The number of hydrogen-bond donors (Lipinski definition) is 0. The second kappa shape index (κ2) is 7.46. The molecule has 1 saturated heterocycles. The Bertz CT molecular complexity index is 367. The van der Waals surface area contributed by atoms with Crippen molar-refractivity contribution in [1.82, 2.24) is 9.88 Å². The third kappa shape index (κ3) is 4.48. The van der Waals surface area contributed by atoms with Crippen molar-refractivity contribution < 1.29 is 9.47 Å². The Morgan fingerprint density at radius 2 is 2.32 bits per heavy atom. The van der Waals surface area contributed by atoms with Crippen molar-refractivity contribution in [3.8, 4) is 5.88 Å². The molecule has 0 spiro atoms. The number of aromatic nitrogens is 1. The van der Waals surface area contributed by atoms with Gasteiger partial charge in [-0.05, 0) is 31.4 Å². The fourth-order valence-corrected chi connectivity index (χ4v) is 2.46. The Morgan fingerprint density at radius 3 is 3.00 bits per heavy atom. The average Bonchev–Trinajstić information content (AvgIpc) is 2.46. The van der Waals surface area contributed by atoms with E-state index in [1.807, 2.05) is 12.3 Å². The summed E-state index contributed by atoms with van der Waals surface area (Å²) in [5, 5.41) is 0.